The number of piperidine rings is 1. The zero-order chi connectivity index (χ0) is 11.4. The van der Waals surface area contributed by atoms with Crippen molar-refractivity contribution in [2.75, 3.05) is 18.6 Å². The number of fused-ring (bicyclic) bond motifs is 2. The van der Waals surface area contributed by atoms with E-state index in [1.165, 1.54) is 44.4 Å². The largest absolute Gasteiger partial charge is 0.300 e. The summed E-state index contributed by atoms with van der Waals surface area (Å²) in [5.41, 5.74) is 0. The van der Waals surface area contributed by atoms with Gasteiger partial charge in [-0.3, -0.25) is 9.69 Å². The van der Waals surface area contributed by atoms with Gasteiger partial charge in [0.05, 0.1) is 0 Å². The second kappa shape index (κ2) is 6.06. The Kier molecular flexibility index (Phi) is 4.71. The molecule has 0 aliphatic carbocycles. The van der Waals surface area contributed by atoms with Crippen molar-refractivity contribution in [2.45, 2.75) is 57.0 Å². The van der Waals surface area contributed by atoms with E-state index in [4.69, 9.17) is 0 Å². The number of carbonyl (C=O) groups is 1. The Labute approximate surface area is 103 Å². The van der Waals surface area contributed by atoms with Crippen LogP contribution >= 0.6 is 11.8 Å². The highest BCUT2D eigenvalue weighted by atomic mass is 32.2. The van der Waals surface area contributed by atoms with Crippen LogP contribution in [0, 0.1) is 0 Å². The summed E-state index contributed by atoms with van der Waals surface area (Å²) >= 11 is 1.94. The number of ketones is 1. The number of Topliss-reactive ketones (excluding diaryl/α,β-unsaturated/α-hetero) is 1. The molecule has 2 heterocycles. The summed E-state index contributed by atoms with van der Waals surface area (Å²) in [7, 11) is 0. The number of hydrogen-bond acceptors (Lipinski definition) is 3. The number of carbonyl (C=O) groups excluding carboxylic acids is 1. The van der Waals surface area contributed by atoms with Gasteiger partial charge in [-0.2, -0.15) is 11.8 Å². The van der Waals surface area contributed by atoms with Gasteiger partial charge in [0.15, 0.2) is 0 Å². The highest BCUT2D eigenvalue weighted by Gasteiger charge is 2.39. The van der Waals surface area contributed by atoms with E-state index in [0.29, 0.717) is 17.9 Å². The summed E-state index contributed by atoms with van der Waals surface area (Å²) in [5, 5.41) is 0. The number of nitrogens with zero attached hydrogens (tertiary/aromatic N) is 1. The van der Waals surface area contributed by atoms with E-state index in [2.05, 4.69) is 11.2 Å². The third-order valence-corrected chi connectivity index (χ3v) is 4.66. The van der Waals surface area contributed by atoms with Crippen LogP contribution in [-0.4, -0.2) is 41.3 Å². The molecule has 0 aromatic carbocycles. The Bertz CT molecular complexity index is 228. The third-order valence-electron chi connectivity index (χ3n) is 3.96. The molecular formula is C13H23NOS. The summed E-state index contributed by atoms with van der Waals surface area (Å²) in [5.74, 6) is 1.80. The predicted molar refractivity (Wildman–Crippen MR) is 70.0 cm³/mol. The SMILES string of the molecule is CSCCCCCN1C2CCC1CC(=O)C2. The topological polar surface area (TPSA) is 20.3 Å². The molecule has 2 saturated heterocycles. The van der Waals surface area contributed by atoms with Gasteiger partial charge in [-0.25, -0.2) is 0 Å². The van der Waals surface area contributed by atoms with Crippen LogP contribution < -0.4 is 0 Å². The van der Waals surface area contributed by atoms with Crippen LogP contribution in [0.2, 0.25) is 0 Å². The van der Waals surface area contributed by atoms with Crippen molar-refractivity contribution in [3.05, 3.63) is 0 Å². The van der Waals surface area contributed by atoms with E-state index in [9.17, 15) is 4.79 Å². The van der Waals surface area contributed by atoms with Crippen molar-refractivity contribution < 1.29 is 4.79 Å². The molecule has 16 heavy (non-hydrogen) atoms. The van der Waals surface area contributed by atoms with Crippen LogP contribution in [0.15, 0.2) is 0 Å². The zero-order valence-electron chi connectivity index (χ0n) is 10.3. The van der Waals surface area contributed by atoms with E-state index < -0.39 is 0 Å². The van der Waals surface area contributed by atoms with Gasteiger partial charge in [0.2, 0.25) is 0 Å². The van der Waals surface area contributed by atoms with Crippen LogP contribution in [0.4, 0.5) is 0 Å². The summed E-state index contributed by atoms with van der Waals surface area (Å²) in [4.78, 5) is 14.1. The Morgan fingerprint density at radius 2 is 1.88 bits per heavy atom. The van der Waals surface area contributed by atoms with E-state index in [1.807, 2.05) is 11.8 Å². The molecule has 0 spiro atoms. The van der Waals surface area contributed by atoms with E-state index in [-0.39, 0.29) is 0 Å². The standard InChI is InChI=1S/C13H23NOS/c1-16-8-4-2-3-7-14-11-5-6-12(14)10-13(15)9-11/h11-12H,2-10H2,1H3. The van der Waals surface area contributed by atoms with E-state index in [0.717, 1.165) is 12.8 Å². The minimum Gasteiger partial charge on any atom is -0.300 e. The van der Waals surface area contributed by atoms with Gasteiger partial charge < -0.3 is 0 Å². The average molecular weight is 241 g/mol. The van der Waals surface area contributed by atoms with Crippen LogP contribution in [0.25, 0.3) is 0 Å². The van der Waals surface area contributed by atoms with Crippen LogP contribution in [0.1, 0.15) is 44.9 Å². The van der Waals surface area contributed by atoms with Crippen LogP contribution in [0.5, 0.6) is 0 Å². The van der Waals surface area contributed by atoms with Crippen molar-refractivity contribution in [1.29, 1.82) is 0 Å². The monoisotopic (exact) mass is 241 g/mol. The van der Waals surface area contributed by atoms with E-state index in [1.54, 1.807) is 0 Å². The fourth-order valence-electron chi connectivity index (χ4n) is 3.14. The zero-order valence-corrected chi connectivity index (χ0v) is 11.1. The molecule has 0 saturated carbocycles. The molecule has 2 atom stereocenters. The molecule has 0 aromatic heterocycles. The Morgan fingerprint density at radius 1 is 1.19 bits per heavy atom. The van der Waals surface area contributed by atoms with Crippen molar-refractivity contribution >= 4 is 17.5 Å². The van der Waals surface area contributed by atoms with Gasteiger partial charge in [0, 0.05) is 24.9 Å². The summed E-state index contributed by atoms with van der Waals surface area (Å²) in [6.07, 6.45) is 10.4. The average Bonchev–Trinajstić information content (AvgIpc) is 2.51. The Hall–Kier alpha value is -0.0200. The van der Waals surface area contributed by atoms with Crippen molar-refractivity contribution in [3.8, 4) is 0 Å². The molecule has 0 amide bonds. The number of rotatable bonds is 6. The minimum absolute atomic E-state index is 0.506. The molecule has 3 heteroatoms. The normalized spacial score (nSPS) is 29.9. The highest BCUT2D eigenvalue weighted by Crippen LogP contribution is 2.33. The quantitative estimate of drug-likeness (QED) is 0.667. The first-order chi connectivity index (χ1) is 7.81. The predicted octanol–water partition coefficient (Wildman–Crippen LogP) is 2.72. The lowest BCUT2D eigenvalue weighted by molar-refractivity contribution is -0.123. The lowest BCUT2D eigenvalue weighted by Gasteiger charge is -2.33. The molecular weight excluding hydrogens is 218 g/mol. The molecule has 2 nitrogen and oxygen atoms in total. The van der Waals surface area contributed by atoms with Crippen molar-refractivity contribution in [3.63, 3.8) is 0 Å². The molecule has 2 fully saturated rings. The molecule has 2 rings (SSSR count). The lowest BCUT2D eigenvalue weighted by Crippen LogP contribution is -2.43. The maximum absolute atomic E-state index is 11.5. The number of thioether (sulfide) groups is 1. The van der Waals surface area contributed by atoms with Crippen LogP contribution in [0.3, 0.4) is 0 Å². The molecule has 0 N–H and O–H groups in total. The van der Waals surface area contributed by atoms with Gasteiger partial charge >= 0.3 is 0 Å². The molecule has 2 bridgehead atoms. The van der Waals surface area contributed by atoms with Gasteiger partial charge in [-0.15, -0.1) is 0 Å². The summed E-state index contributed by atoms with van der Waals surface area (Å²) in [6.45, 7) is 1.23. The highest BCUT2D eigenvalue weighted by molar-refractivity contribution is 7.98. The molecule has 2 aliphatic heterocycles. The Morgan fingerprint density at radius 3 is 2.50 bits per heavy atom. The van der Waals surface area contributed by atoms with Gasteiger partial charge in [-0.05, 0) is 44.2 Å². The van der Waals surface area contributed by atoms with Gasteiger partial charge in [0.1, 0.15) is 5.78 Å². The van der Waals surface area contributed by atoms with Crippen LogP contribution in [-0.2, 0) is 4.79 Å². The summed E-state index contributed by atoms with van der Waals surface area (Å²) in [6, 6.07) is 1.21. The van der Waals surface area contributed by atoms with Crippen molar-refractivity contribution in [2.24, 2.45) is 0 Å². The Balaban J connectivity index is 1.68. The van der Waals surface area contributed by atoms with E-state index >= 15 is 0 Å². The lowest BCUT2D eigenvalue weighted by atomic mass is 10.0. The second-order valence-corrected chi connectivity index (χ2v) is 6.11. The maximum atomic E-state index is 11.5. The summed E-state index contributed by atoms with van der Waals surface area (Å²) < 4.78 is 0. The third kappa shape index (κ3) is 3.01. The molecule has 0 aromatic rings. The number of hydrogen-bond donors (Lipinski definition) is 0. The first-order valence-electron chi connectivity index (χ1n) is 6.57. The first kappa shape index (κ1) is 12.4. The first-order valence-corrected chi connectivity index (χ1v) is 7.97. The molecule has 2 unspecified atom stereocenters. The van der Waals surface area contributed by atoms with Crippen molar-refractivity contribution in [1.82, 2.24) is 4.90 Å². The number of unbranched alkanes of at least 4 members (excludes halogenated alkanes) is 2. The molecule has 92 valence electrons. The minimum atomic E-state index is 0.506. The second-order valence-electron chi connectivity index (χ2n) is 5.12. The smallest absolute Gasteiger partial charge is 0.136 e. The fraction of sp³-hybridized carbons (Fsp3) is 0.923. The molecule has 2 aliphatic rings. The van der Waals surface area contributed by atoms with Gasteiger partial charge in [-0.1, -0.05) is 6.42 Å². The maximum Gasteiger partial charge on any atom is 0.136 e. The molecule has 0 radical (unpaired) electrons. The fourth-order valence-corrected chi connectivity index (χ4v) is 3.64. The van der Waals surface area contributed by atoms with Gasteiger partial charge in [0.25, 0.3) is 0 Å².